The Hall–Kier alpha value is -4.15. The lowest BCUT2D eigenvalue weighted by Gasteiger charge is -2.24. The van der Waals surface area contributed by atoms with Crippen molar-refractivity contribution in [1.82, 2.24) is 5.32 Å². The van der Waals surface area contributed by atoms with E-state index in [1.165, 1.54) is 4.90 Å². The summed E-state index contributed by atoms with van der Waals surface area (Å²) in [6.07, 6.45) is -12.5. The summed E-state index contributed by atoms with van der Waals surface area (Å²) in [6.45, 7) is 1.94. The number of benzodiazepines with no additional fused rings is 1. The number of fused-ring (bicyclic) bond motifs is 1. The van der Waals surface area contributed by atoms with E-state index in [1.807, 2.05) is 0 Å². The zero-order chi connectivity index (χ0) is 27.7. The summed E-state index contributed by atoms with van der Waals surface area (Å²) < 4.78 is 79.6. The fourth-order valence-electron chi connectivity index (χ4n) is 4.22. The first kappa shape index (κ1) is 26.9. The van der Waals surface area contributed by atoms with Crippen molar-refractivity contribution in [2.24, 2.45) is 4.99 Å². The lowest BCUT2D eigenvalue weighted by atomic mass is 10.00. The van der Waals surface area contributed by atoms with Crippen LogP contribution < -0.4 is 10.2 Å². The fourth-order valence-corrected chi connectivity index (χ4v) is 4.22. The minimum Gasteiger partial charge on any atom is -0.326 e. The maximum Gasteiger partial charge on any atom is 0.416 e. The average molecular weight is 533 g/mol. The topological polar surface area (TPSA) is 61.8 Å². The number of carbonyl (C=O) groups excluding carboxylic acids is 2. The third-order valence-electron chi connectivity index (χ3n) is 5.96. The third-order valence-corrected chi connectivity index (χ3v) is 5.96. The van der Waals surface area contributed by atoms with Crippen molar-refractivity contribution in [3.8, 4) is 0 Å². The quantitative estimate of drug-likeness (QED) is 0.434. The predicted molar refractivity (Wildman–Crippen MR) is 129 cm³/mol. The summed E-state index contributed by atoms with van der Waals surface area (Å²) in [4.78, 5) is 32.1. The minimum absolute atomic E-state index is 0.0272. The number of carbonyl (C=O) groups is 2. The van der Waals surface area contributed by atoms with Gasteiger partial charge in [-0.25, -0.2) is 4.99 Å². The fraction of sp³-hybridized carbons (Fsp3) is 0.222. The molecule has 2 amide bonds. The molecule has 0 saturated heterocycles. The summed E-state index contributed by atoms with van der Waals surface area (Å²) in [5.74, 6) is -1.62. The molecule has 198 valence electrons. The second-order valence-electron chi connectivity index (χ2n) is 8.46. The number of rotatable bonds is 5. The number of hydrogen-bond acceptors (Lipinski definition) is 3. The second-order valence-corrected chi connectivity index (χ2v) is 8.46. The normalized spacial score (nSPS) is 16.0. The third kappa shape index (κ3) is 5.56. The molecule has 1 unspecified atom stereocenters. The van der Waals surface area contributed by atoms with Crippen LogP contribution in [0.25, 0.3) is 0 Å². The van der Waals surface area contributed by atoms with Gasteiger partial charge in [0.25, 0.3) is 5.91 Å². The lowest BCUT2D eigenvalue weighted by molar-refractivity contribution is -0.143. The van der Waals surface area contributed by atoms with Gasteiger partial charge >= 0.3 is 12.4 Å². The lowest BCUT2D eigenvalue weighted by Crippen LogP contribution is -2.47. The molecule has 1 aliphatic rings. The van der Waals surface area contributed by atoms with Gasteiger partial charge in [-0.05, 0) is 30.7 Å². The van der Waals surface area contributed by atoms with Crippen LogP contribution in [0.3, 0.4) is 0 Å². The van der Waals surface area contributed by atoms with E-state index in [0.29, 0.717) is 34.7 Å². The number of para-hydroxylation sites is 1. The Balaban J connectivity index is 1.70. The molecule has 0 radical (unpaired) electrons. The van der Waals surface area contributed by atoms with Gasteiger partial charge in [-0.3, -0.25) is 9.59 Å². The number of halogens is 6. The van der Waals surface area contributed by atoms with Crippen molar-refractivity contribution in [1.29, 1.82) is 0 Å². The van der Waals surface area contributed by atoms with Crippen LogP contribution in [0.1, 0.15) is 34.7 Å². The zero-order valence-corrected chi connectivity index (χ0v) is 19.9. The Morgan fingerprint density at radius 3 is 2.21 bits per heavy atom. The van der Waals surface area contributed by atoms with Crippen molar-refractivity contribution in [3.05, 3.63) is 101 Å². The van der Waals surface area contributed by atoms with Crippen LogP contribution in [-0.2, 0) is 28.4 Å². The number of aliphatic imine (C=N–C) groups is 1. The van der Waals surface area contributed by atoms with Crippen LogP contribution in [0.15, 0.2) is 77.8 Å². The molecule has 1 aliphatic heterocycles. The highest BCUT2D eigenvalue weighted by molar-refractivity contribution is 6.20. The molecule has 0 bridgehead atoms. The highest BCUT2D eigenvalue weighted by Crippen LogP contribution is 2.37. The van der Waals surface area contributed by atoms with Crippen molar-refractivity contribution >= 4 is 23.2 Å². The highest BCUT2D eigenvalue weighted by atomic mass is 19.4. The van der Waals surface area contributed by atoms with Gasteiger partial charge in [0, 0.05) is 17.7 Å². The maximum absolute atomic E-state index is 13.5. The number of amides is 2. The maximum atomic E-state index is 13.5. The van der Waals surface area contributed by atoms with Gasteiger partial charge in [-0.1, -0.05) is 54.6 Å². The van der Waals surface area contributed by atoms with Gasteiger partial charge in [0.2, 0.25) is 12.1 Å². The van der Waals surface area contributed by atoms with E-state index >= 15 is 0 Å². The van der Waals surface area contributed by atoms with Gasteiger partial charge in [-0.15, -0.1) is 0 Å². The molecule has 0 fully saturated rings. The Bertz CT molecular complexity index is 1380. The number of benzene rings is 3. The Morgan fingerprint density at radius 2 is 1.58 bits per heavy atom. The molecular weight excluding hydrogens is 512 g/mol. The van der Waals surface area contributed by atoms with Gasteiger partial charge in [0.05, 0.1) is 28.9 Å². The van der Waals surface area contributed by atoms with Crippen molar-refractivity contribution < 1.29 is 35.9 Å². The molecule has 0 saturated carbocycles. The number of alkyl halides is 6. The second kappa shape index (κ2) is 10.3. The molecule has 11 heteroatoms. The first-order valence-corrected chi connectivity index (χ1v) is 11.5. The van der Waals surface area contributed by atoms with Crippen LogP contribution in [0.2, 0.25) is 0 Å². The molecule has 1 N–H and O–H groups in total. The predicted octanol–water partition coefficient (Wildman–Crippen LogP) is 5.61. The molecular formula is C27H21F6N3O2. The highest BCUT2D eigenvalue weighted by Gasteiger charge is 2.39. The van der Waals surface area contributed by atoms with Gasteiger partial charge in [0.1, 0.15) is 0 Å². The molecule has 1 heterocycles. The molecule has 0 spiro atoms. The van der Waals surface area contributed by atoms with Crippen LogP contribution >= 0.6 is 0 Å². The summed E-state index contributed by atoms with van der Waals surface area (Å²) >= 11 is 0. The van der Waals surface area contributed by atoms with E-state index < -0.39 is 53.4 Å². The molecule has 3 aromatic rings. The number of nitrogens with one attached hydrogen (secondary N) is 1. The minimum atomic E-state index is -5.13. The summed E-state index contributed by atoms with van der Waals surface area (Å²) in [5, 5.41) is 2.37. The summed E-state index contributed by atoms with van der Waals surface area (Å²) in [7, 11) is 0. The standard InChI is InChI=1S/C27H21F6N3O2/c1-2-36-21-11-7-6-10-19(21)23(16-8-4-3-5-9-16)35-24(25(36)38)34-22(37)14-17-12-13-18(26(28,29)30)15-20(17)27(31,32)33/h3-13,15,24H,2,14H2,1H3,(H,34,37). The Morgan fingerprint density at radius 1 is 0.921 bits per heavy atom. The van der Waals surface area contributed by atoms with Crippen molar-refractivity contribution in [2.45, 2.75) is 31.9 Å². The van der Waals surface area contributed by atoms with Crippen molar-refractivity contribution in [3.63, 3.8) is 0 Å². The van der Waals surface area contributed by atoms with E-state index in [2.05, 4.69) is 10.3 Å². The largest absolute Gasteiger partial charge is 0.416 e. The monoisotopic (exact) mass is 533 g/mol. The molecule has 5 nitrogen and oxygen atoms in total. The first-order valence-electron chi connectivity index (χ1n) is 11.5. The first-order chi connectivity index (χ1) is 17.9. The zero-order valence-electron chi connectivity index (χ0n) is 19.9. The molecule has 3 aromatic carbocycles. The Kier molecular flexibility index (Phi) is 7.30. The Labute approximate surface area is 213 Å². The van der Waals surface area contributed by atoms with Crippen LogP contribution in [0.4, 0.5) is 32.0 Å². The van der Waals surface area contributed by atoms with E-state index in [-0.39, 0.29) is 12.6 Å². The van der Waals surface area contributed by atoms with Crippen LogP contribution in [-0.4, -0.2) is 30.2 Å². The van der Waals surface area contributed by atoms with E-state index in [1.54, 1.807) is 61.5 Å². The molecule has 0 aliphatic carbocycles. The van der Waals surface area contributed by atoms with Gasteiger partial charge < -0.3 is 10.2 Å². The number of hydrogen-bond donors (Lipinski definition) is 1. The van der Waals surface area contributed by atoms with E-state index in [0.717, 1.165) is 0 Å². The smallest absolute Gasteiger partial charge is 0.326 e. The average Bonchev–Trinajstić information content (AvgIpc) is 2.97. The molecule has 1 atom stereocenters. The molecule has 0 aromatic heterocycles. The number of likely N-dealkylation sites (N-methyl/N-ethyl adjacent to an activating group) is 1. The summed E-state index contributed by atoms with van der Waals surface area (Å²) in [5.41, 5.74) is -1.53. The number of anilines is 1. The molecule has 38 heavy (non-hydrogen) atoms. The molecule has 4 rings (SSSR count). The van der Waals surface area contributed by atoms with E-state index in [4.69, 9.17) is 0 Å². The van der Waals surface area contributed by atoms with Gasteiger partial charge in [-0.2, -0.15) is 26.3 Å². The number of nitrogens with zero attached hydrogens (tertiary/aromatic N) is 2. The van der Waals surface area contributed by atoms with E-state index in [9.17, 15) is 35.9 Å². The van der Waals surface area contributed by atoms with Crippen LogP contribution in [0, 0.1) is 0 Å². The summed E-state index contributed by atoms with van der Waals surface area (Å²) in [6, 6.07) is 16.9. The van der Waals surface area contributed by atoms with Gasteiger partial charge in [0.15, 0.2) is 0 Å². The van der Waals surface area contributed by atoms with Crippen LogP contribution in [0.5, 0.6) is 0 Å². The SMILES string of the molecule is CCN1C(=O)C(NC(=O)Cc2ccc(C(F)(F)F)cc2C(F)(F)F)N=C(c2ccccc2)c2ccccc21. The van der Waals surface area contributed by atoms with Crippen molar-refractivity contribution in [2.75, 3.05) is 11.4 Å².